The Morgan fingerprint density at radius 2 is 2.10 bits per heavy atom. The van der Waals surface area contributed by atoms with Crippen LogP contribution in [0.25, 0.3) is 0 Å². The lowest BCUT2D eigenvalue weighted by molar-refractivity contribution is 0.464. The molecule has 0 unspecified atom stereocenters. The van der Waals surface area contributed by atoms with Crippen molar-refractivity contribution in [2.24, 2.45) is 0 Å². The Labute approximate surface area is 128 Å². The van der Waals surface area contributed by atoms with Crippen LogP contribution < -0.4 is 0 Å². The van der Waals surface area contributed by atoms with Crippen molar-refractivity contribution in [3.63, 3.8) is 0 Å². The third kappa shape index (κ3) is 4.23. The van der Waals surface area contributed by atoms with Crippen LogP contribution >= 0.6 is 11.6 Å². The van der Waals surface area contributed by atoms with Gasteiger partial charge in [0.25, 0.3) is 0 Å². The topological polar surface area (TPSA) is 50.3 Å². The molecule has 0 amide bonds. The molecular formula is C14H14ClFN2O2S. The average molecular weight is 329 g/mol. The van der Waals surface area contributed by atoms with Crippen molar-refractivity contribution in [2.45, 2.75) is 12.3 Å². The molecule has 0 aliphatic carbocycles. The molecule has 0 aliphatic rings. The quantitative estimate of drug-likeness (QED) is 0.848. The summed E-state index contributed by atoms with van der Waals surface area (Å²) in [6, 6.07) is 7.37. The second kappa shape index (κ2) is 6.51. The molecule has 0 fully saturated rings. The highest BCUT2D eigenvalue weighted by atomic mass is 35.5. The van der Waals surface area contributed by atoms with Gasteiger partial charge in [0.2, 0.25) is 10.0 Å². The van der Waals surface area contributed by atoms with Crippen LogP contribution in [0.1, 0.15) is 11.1 Å². The molecule has 112 valence electrons. The van der Waals surface area contributed by atoms with Crippen molar-refractivity contribution in [2.75, 3.05) is 7.05 Å². The molecule has 4 nitrogen and oxygen atoms in total. The monoisotopic (exact) mass is 328 g/mol. The molecule has 7 heteroatoms. The smallest absolute Gasteiger partial charge is 0.218 e. The van der Waals surface area contributed by atoms with Crippen molar-refractivity contribution in [3.05, 3.63) is 64.7 Å². The molecule has 0 spiro atoms. The van der Waals surface area contributed by atoms with E-state index in [0.29, 0.717) is 5.02 Å². The van der Waals surface area contributed by atoms with E-state index in [0.717, 1.165) is 11.6 Å². The van der Waals surface area contributed by atoms with Crippen LogP contribution in [0.15, 0.2) is 42.7 Å². The molecule has 0 N–H and O–H groups in total. The largest absolute Gasteiger partial charge is 0.264 e. The van der Waals surface area contributed by atoms with E-state index >= 15 is 0 Å². The van der Waals surface area contributed by atoms with Crippen LogP contribution in [0.2, 0.25) is 5.02 Å². The molecule has 1 heterocycles. The van der Waals surface area contributed by atoms with E-state index in [-0.39, 0.29) is 12.1 Å². The molecule has 1 aromatic carbocycles. The Morgan fingerprint density at radius 1 is 1.33 bits per heavy atom. The van der Waals surface area contributed by atoms with Gasteiger partial charge in [-0.3, -0.25) is 4.98 Å². The number of hydrogen-bond acceptors (Lipinski definition) is 3. The second-order valence-electron chi connectivity index (χ2n) is 4.61. The van der Waals surface area contributed by atoms with Crippen molar-refractivity contribution in [3.8, 4) is 0 Å². The number of aromatic nitrogens is 1. The summed E-state index contributed by atoms with van der Waals surface area (Å²) >= 11 is 5.77. The number of sulfonamides is 1. The van der Waals surface area contributed by atoms with Gasteiger partial charge >= 0.3 is 0 Å². The van der Waals surface area contributed by atoms with E-state index in [1.165, 1.54) is 23.5 Å². The maximum atomic E-state index is 13.6. The highest BCUT2D eigenvalue weighted by Gasteiger charge is 2.21. The Hall–Kier alpha value is -1.50. The van der Waals surface area contributed by atoms with Gasteiger partial charge in [-0.2, -0.15) is 0 Å². The van der Waals surface area contributed by atoms with E-state index in [1.807, 2.05) is 0 Å². The third-order valence-electron chi connectivity index (χ3n) is 2.95. The first kappa shape index (κ1) is 15.9. The van der Waals surface area contributed by atoms with E-state index < -0.39 is 21.6 Å². The van der Waals surface area contributed by atoms with Crippen LogP contribution in [0.3, 0.4) is 0 Å². The first-order chi connectivity index (χ1) is 9.88. The van der Waals surface area contributed by atoms with Gasteiger partial charge in [-0.15, -0.1) is 0 Å². The summed E-state index contributed by atoms with van der Waals surface area (Å²) in [5, 5.41) is 0.302. The second-order valence-corrected chi connectivity index (χ2v) is 7.12. The summed E-state index contributed by atoms with van der Waals surface area (Å²) in [7, 11) is -2.19. The van der Waals surface area contributed by atoms with Crippen molar-refractivity contribution < 1.29 is 12.8 Å². The van der Waals surface area contributed by atoms with Crippen LogP contribution in [0, 0.1) is 5.82 Å². The molecule has 1 aromatic heterocycles. The Morgan fingerprint density at radius 3 is 2.76 bits per heavy atom. The van der Waals surface area contributed by atoms with Crippen LogP contribution in [0.4, 0.5) is 4.39 Å². The number of rotatable bonds is 5. The standard InChI is InChI=1S/C14H14ClFN2O2S/c1-18(9-11-3-2-6-17-8-11)21(19,20)10-12-7-13(15)4-5-14(12)16/h2-8H,9-10H2,1H3. The predicted molar refractivity (Wildman–Crippen MR) is 79.7 cm³/mol. The number of benzene rings is 1. The van der Waals surface area contributed by atoms with Crippen molar-refractivity contribution >= 4 is 21.6 Å². The Balaban J connectivity index is 2.16. The summed E-state index contributed by atoms with van der Waals surface area (Å²) in [6.45, 7) is 0.179. The Kier molecular flexibility index (Phi) is 4.92. The Bertz CT molecular complexity index is 723. The fourth-order valence-electron chi connectivity index (χ4n) is 1.81. The molecule has 0 atom stereocenters. The predicted octanol–water partition coefficient (Wildman–Crippen LogP) is 2.84. The minimum atomic E-state index is -3.64. The van der Waals surface area contributed by atoms with Gasteiger partial charge in [0.15, 0.2) is 0 Å². The molecule has 0 radical (unpaired) electrons. The van der Waals surface area contributed by atoms with Crippen molar-refractivity contribution in [1.82, 2.24) is 9.29 Å². The normalized spacial score (nSPS) is 11.8. The summed E-state index contributed by atoms with van der Waals surface area (Å²) in [5.74, 6) is -1.02. The van der Waals surface area contributed by atoms with Gasteiger partial charge in [0, 0.05) is 36.6 Å². The average Bonchev–Trinajstić information content (AvgIpc) is 2.43. The first-order valence-corrected chi connectivity index (χ1v) is 8.14. The number of hydrogen-bond donors (Lipinski definition) is 0. The minimum Gasteiger partial charge on any atom is -0.264 e. The molecule has 2 rings (SSSR count). The van der Waals surface area contributed by atoms with E-state index in [9.17, 15) is 12.8 Å². The SMILES string of the molecule is CN(Cc1cccnc1)S(=O)(=O)Cc1cc(Cl)ccc1F. The van der Waals surface area contributed by atoms with E-state index in [1.54, 1.807) is 24.5 Å². The number of nitrogens with zero attached hydrogens (tertiary/aromatic N) is 2. The lowest BCUT2D eigenvalue weighted by atomic mass is 10.2. The lowest BCUT2D eigenvalue weighted by Crippen LogP contribution is -2.28. The zero-order valence-electron chi connectivity index (χ0n) is 11.3. The van der Waals surface area contributed by atoms with Gasteiger partial charge in [-0.25, -0.2) is 17.1 Å². The molecule has 0 aliphatic heterocycles. The fraction of sp³-hybridized carbons (Fsp3) is 0.214. The zero-order valence-corrected chi connectivity index (χ0v) is 12.9. The van der Waals surface area contributed by atoms with Crippen molar-refractivity contribution in [1.29, 1.82) is 0 Å². The lowest BCUT2D eigenvalue weighted by Gasteiger charge is -2.17. The van der Waals surface area contributed by atoms with Gasteiger partial charge in [0.1, 0.15) is 5.82 Å². The molecule has 2 aromatic rings. The van der Waals surface area contributed by atoms with Gasteiger partial charge in [0.05, 0.1) is 5.75 Å². The summed E-state index contributed by atoms with van der Waals surface area (Å²) < 4.78 is 39.3. The summed E-state index contributed by atoms with van der Waals surface area (Å²) in [4.78, 5) is 3.93. The molecule has 0 bridgehead atoms. The number of pyridine rings is 1. The maximum absolute atomic E-state index is 13.6. The van der Waals surface area contributed by atoms with Gasteiger partial charge < -0.3 is 0 Å². The summed E-state index contributed by atoms with van der Waals surface area (Å²) in [6.07, 6.45) is 3.20. The molecule has 21 heavy (non-hydrogen) atoms. The van der Waals surface area contributed by atoms with Crippen LogP contribution in [0.5, 0.6) is 0 Å². The maximum Gasteiger partial charge on any atom is 0.218 e. The van der Waals surface area contributed by atoms with Gasteiger partial charge in [-0.1, -0.05) is 17.7 Å². The number of halogens is 2. The zero-order chi connectivity index (χ0) is 15.5. The fourth-order valence-corrected chi connectivity index (χ4v) is 3.18. The summed E-state index contributed by atoms with van der Waals surface area (Å²) in [5.41, 5.74) is 0.815. The van der Waals surface area contributed by atoms with Crippen LogP contribution in [-0.4, -0.2) is 24.8 Å². The van der Waals surface area contributed by atoms with Crippen LogP contribution in [-0.2, 0) is 22.3 Å². The molecular weight excluding hydrogens is 315 g/mol. The first-order valence-electron chi connectivity index (χ1n) is 6.15. The molecule has 0 saturated carbocycles. The van der Waals surface area contributed by atoms with E-state index in [4.69, 9.17) is 11.6 Å². The third-order valence-corrected chi connectivity index (χ3v) is 4.94. The highest BCUT2D eigenvalue weighted by molar-refractivity contribution is 7.88. The molecule has 0 saturated heterocycles. The van der Waals surface area contributed by atoms with E-state index in [2.05, 4.69) is 4.98 Å². The van der Waals surface area contributed by atoms with Gasteiger partial charge in [-0.05, 0) is 29.8 Å². The highest BCUT2D eigenvalue weighted by Crippen LogP contribution is 2.19. The minimum absolute atomic E-state index is 0.0561.